The summed E-state index contributed by atoms with van der Waals surface area (Å²) in [6.45, 7) is 5.94. The molecule has 5 nitrogen and oxygen atoms in total. The van der Waals surface area contributed by atoms with Gasteiger partial charge in [-0.3, -0.25) is 4.90 Å². The minimum absolute atomic E-state index is 0. The summed E-state index contributed by atoms with van der Waals surface area (Å²) in [6.07, 6.45) is 2.25. The molecule has 2 aromatic rings. The average Bonchev–Trinajstić information content (AvgIpc) is 2.75. The second kappa shape index (κ2) is 11.8. The number of anilines is 1. The summed E-state index contributed by atoms with van der Waals surface area (Å²) in [7, 11) is 0. The standard InChI is InChI=1S/C23H30N2O3.ClH/c1-20(18-26)28-23(19-24-21-8-4-2-5-9-21)12-14-25(15-13-23)16-17-27-22-10-6-3-7-11-22;/h2-11,18,20,24H,12-17,19H2,1H3;1H. The smallest absolute Gasteiger partial charge is 0.148 e. The SMILES string of the molecule is CC(C=O)OC1(CNc2ccccc2)CCN(CCOc2ccccc2)CC1.Cl. The molecular formula is C23H31ClN2O3. The van der Waals surface area contributed by atoms with Crippen molar-refractivity contribution in [2.45, 2.75) is 31.5 Å². The summed E-state index contributed by atoms with van der Waals surface area (Å²) < 4.78 is 12.0. The summed E-state index contributed by atoms with van der Waals surface area (Å²) in [5.74, 6) is 0.907. The molecule has 2 aromatic carbocycles. The first-order valence-electron chi connectivity index (χ1n) is 10.0. The van der Waals surface area contributed by atoms with Gasteiger partial charge in [-0.05, 0) is 44.0 Å². The van der Waals surface area contributed by atoms with E-state index in [0.29, 0.717) is 13.2 Å². The van der Waals surface area contributed by atoms with E-state index < -0.39 is 6.10 Å². The number of para-hydroxylation sites is 2. The van der Waals surface area contributed by atoms with Crippen LogP contribution in [0.25, 0.3) is 0 Å². The first-order valence-corrected chi connectivity index (χ1v) is 10.0. The van der Waals surface area contributed by atoms with E-state index in [1.54, 1.807) is 0 Å². The molecule has 1 aliphatic rings. The summed E-state index contributed by atoms with van der Waals surface area (Å²) in [6, 6.07) is 20.0. The number of rotatable bonds is 10. The van der Waals surface area contributed by atoms with Crippen molar-refractivity contribution in [3.8, 4) is 5.75 Å². The Labute approximate surface area is 179 Å². The van der Waals surface area contributed by atoms with Gasteiger partial charge in [0.05, 0.1) is 5.60 Å². The predicted octanol–water partition coefficient (Wildman–Crippen LogP) is 4.04. The van der Waals surface area contributed by atoms with Gasteiger partial charge in [-0.2, -0.15) is 0 Å². The van der Waals surface area contributed by atoms with E-state index in [9.17, 15) is 4.79 Å². The maximum absolute atomic E-state index is 11.2. The Hall–Kier alpha value is -2.08. The normalized spacial score (nSPS) is 17.0. The van der Waals surface area contributed by atoms with Crippen LogP contribution in [0.15, 0.2) is 60.7 Å². The summed E-state index contributed by atoms with van der Waals surface area (Å²) >= 11 is 0. The van der Waals surface area contributed by atoms with Crippen LogP contribution in [0.3, 0.4) is 0 Å². The lowest BCUT2D eigenvalue weighted by molar-refractivity contribution is -0.137. The molecule has 1 unspecified atom stereocenters. The second-order valence-corrected chi connectivity index (χ2v) is 7.36. The Morgan fingerprint density at radius 2 is 1.69 bits per heavy atom. The van der Waals surface area contributed by atoms with Crippen molar-refractivity contribution in [1.82, 2.24) is 4.90 Å². The fraction of sp³-hybridized carbons (Fsp3) is 0.435. The number of likely N-dealkylation sites (tertiary alicyclic amines) is 1. The quantitative estimate of drug-likeness (QED) is 0.590. The number of nitrogens with zero attached hydrogens (tertiary/aromatic N) is 1. The van der Waals surface area contributed by atoms with Gasteiger partial charge in [0.2, 0.25) is 0 Å². The van der Waals surface area contributed by atoms with Crippen LogP contribution in [-0.2, 0) is 9.53 Å². The lowest BCUT2D eigenvalue weighted by atomic mass is 9.90. The molecule has 6 heteroatoms. The van der Waals surface area contributed by atoms with Crippen molar-refractivity contribution in [3.63, 3.8) is 0 Å². The van der Waals surface area contributed by atoms with E-state index in [2.05, 4.69) is 10.2 Å². The lowest BCUT2D eigenvalue weighted by Crippen LogP contribution is -2.52. The number of hydrogen-bond acceptors (Lipinski definition) is 5. The van der Waals surface area contributed by atoms with E-state index in [0.717, 1.165) is 50.2 Å². The Morgan fingerprint density at radius 3 is 2.31 bits per heavy atom. The van der Waals surface area contributed by atoms with Crippen LogP contribution < -0.4 is 10.1 Å². The number of carbonyl (C=O) groups is 1. The zero-order valence-electron chi connectivity index (χ0n) is 17.0. The number of benzene rings is 2. The zero-order chi connectivity index (χ0) is 19.7. The Bertz CT molecular complexity index is 707. The lowest BCUT2D eigenvalue weighted by Gasteiger charge is -2.42. The maximum Gasteiger partial charge on any atom is 0.148 e. The highest BCUT2D eigenvalue weighted by Gasteiger charge is 2.36. The van der Waals surface area contributed by atoms with Crippen molar-refractivity contribution in [2.24, 2.45) is 0 Å². The third kappa shape index (κ3) is 7.35. The number of nitrogens with one attached hydrogen (secondary N) is 1. The van der Waals surface area contributed by atoms with Crippen LogP contribution in [0.5, 0.6) is 5.75 Å². The number of hydrogen-bond donors (Lipinski definition) is 1. The summed E-state index contributed by atoms with van der Waals surface area (Å²) in [5, 5.41) is 3.48. The molecule has 0 aromatic heterocycles. The average molecular weight is 419 g/mol. The van der Waals surface area contributed by atoms with Gasteiger partial charge in [-0.25, -0.2) is 0 Å². The molecule has 1 fully saturated rings. The van der Waals surface area contributed by atoms with Gasteiger partial charge in [0.25, 0.3) is 0 Å². The highest BCUT2D eigenvalue weighted by molar-refractivity contribution is 5.85. The molecule has 0 aliphatic carbocycles. The fourth-order valence-corrected chi connectivity index (χ4v) is 3.57. The molecule has 0 saturated carbocycles. The highest BCUT2D eigenvalue weighted by Crippen LogP contribution is 2.28. The number of piperidine rings is 1. The molecule has 3 rings (SSSR count). The van der Waals surface area contributed by atoms with E-state index in [1.165, 1.54) is 0 Å². The predicted molar refractivity (Wildman–Crippen MR) is 119 cm³/mol. The molecule has 0 spiro atoms. The van der Waals surface area contributed by atoms with Crippen LogP contribution in [0.2, 0.25) is 0 Å². The van der Waals surface area contributed by atoms with Crippen molar-refractivity contribution >= 4 is 24.4 Å². The van der Waals surface area contributed by atoms with Crippen molar-refractivity contribution < 1.29 is 14.3 Å². The van der Waals surface area contributed by atoms with Crippen molar-refractivity contribution in [3.05, 3.63) is 60.7 Å². The zero-order valence-corrected chi connectivity index (χ0v) is 17.8. The number of aldehydes is 1. The van der Waals surface area contributed by atoms with Gasteiger partial charge in [0.1, 0.15) is 24.7 Å². The highest BCUT2D eigenvalue weighted by atomic mass is 35.5. The summed E-state index contributed by atoms with van der Waals surface area (Å²) in [4.78, 5) is 13.6. The van der Waals surface area contributed by atoms with E-state index in [4.69, 9.17) is 9.47 Å². The Kier molecular flexibility index (Phi) is 9.45. The molecule has 1 saturated heterocycles. The second-order valence-electron chi connectivity index (χ2n) is 7.36. The molecule has 1 heterocycles. The Morgan fingerprint density at radius 1 is 1.07 bits per heavy atom. The monoisotopic (exact) mass is 418 g/mol. The van der Waals surface area contributed by atoms with Gasteiger partial charge in [0.15, 0.2) is 0 Å². The molecular weight excluding hydrogens is 388 g/mol. The fourth-order valence-electron chi connectivity index (χ4n) is 3.57. The number of carbonyl (C=O) groups excluding carboxylic acids is 1. The topological polar surface area (TPSA) is 50.8 Å². The van der Waals surface area contributed by atoms with Gasteiger partial charge >= 0.3 is 0 Å². The largest absolute Gasteiger partial charge is 0.492 e. The van der Waals surface area contributed by atoms with Crippen LogP contribution in [0.1, 0.15) is 19.8 Å². The van der Waals surface area contributed by atoms with Crippen LogP contribution in [0, 0.1) is 0 Å². The van der Waals surface area contributed by atoms with Crippen LogP contribution in [-0.4, -0.2) is 55.7 Å². The van der Waals surface area contributed by atoms with Gasteiger partial charge < -0.3 is 19.6 Å². The molecule has 0 bridgehead atoms. The van der Waals surface area contributed by atoms with Gasteiger partial charge in [-0.15, -0.1) is 12.4 Å². The van der Waals surface area contributed by atoms with Crippen LogP contribution >= 0.6 is 12.4 Å². The molecule has 1 atom stereocenters. The third-order valence-electron chi connectivity index (χ3n) is 5.20. The molecule has 1 N–H and O–H groups in total. The van der Waals surface area contributed by atoms with E-state index in [1.807, 2.05) is 67.6 Å². The molecule has 158 valence electrons. The Balaban J connectivity index is 0.00000300. The van der Waals surface area contributed by atoms with E-state index >= 15 is 0 Å². The molecule has 1 aliphatic heterocycles. The van der Waals surface area contributed by atoms with Gasteiger partial charge in [-0.1, -0.05) is 36.4 Å². The molecule has 29 heavy (non-hydrogen) atoms. The first-order chi connectivity index (χ1) is 13.7. The van der Waals surface area contributed by atoms with Gasteiger partial charge in [0, 0.05) is 31.9 Å². The van der Waals surface area contributed by atoms with E-state index in [-0.39, 0.29) is 18.0 Å². The third-order valence-corrected chi connectivity index (χ3v) is 5.20. The first kappa shape index (κ1) is 23.2. The maximum atomic E-state index is 11.2. The van der Waals surface area contributed by atoms with Crippen LogP contribution in [0.4, 0.5) is 5.69 Å². The number of ether oxygens (including phenoxy) is 2. The number of halogens is 1. The van der Waals surface area contributed by atoms with Crippen molar-refractivity contribution in [1.29, 1.82) is 0 Å². The van der Waals surface area contributed by atoms with Crippen molar-refractivity contribution in [2.75, 3.05) is 38.1 Å². The minimum atomic E-state index is -0.398. The minimum Gasteiger partial charge on any atom is -0.492 e. The molecule has 0 amide bonds. The summed E-state index contributed by atoms with van der Waals surface area (Å²) in [5.41, 5.74) is 0.746. The molecule has 0 radical (unpaired) electrons.